The van der Waals surface area contributed by atoms with Crippen molar-refractivity contribution in [1.82, 2.24) is 20.9 Å². The first-order chi connectivity index (χ1) is 12.1. The minimum absolute atomic E-state index is 0.0501. The van der Waals surface area contributed by atoms with E-state index in [1.165, 1.54) is 0 Å². The molecule has 0 bridgehead atoms. The minimum atomic E-state index is -0.526. The van der Waals surface area contributed by atoms with Crippen LogP contribution in [0.2, 0.25) is 0 Å². The normalized spacial score (nSPS) is 28.2. The molecule has 0 amide bonds. The molecule has 2 fully saturated rings. The van der Waals surface area contributed by atoms with Crippen molar-refractivity contribution in [3.05, 3.63) is 0 Å². The van der Waals surface area contributed by atoms with Crippen LogP contribution in [0.3, 0.4) is 0 Å². The van der Waals surface area contributed by atoms with Crippen LogP contribution in [0.4, 0.5) is 0 Å². The second-order valence-electron chi connectivity index (χ2n) is 7.19. The standard InChI is InChI=1S/C17H36N4O4/c1-17(2)24-14-16(25-17)13-23-12-15(22)11-21-9-7-19-5-3-18-4-6-20-8-10-21/h15-16,18-20,22H,3-14H2,1-2H3. The van der Waals surface area contributed by atoms with Gasteiger partial charge < -0.3 is 35.3 Å². The highest BCUT2D eigenvalue weighted by molar-refractivity contribution is 4.72. The van der Waals surface area contributed by atoms with E-state index < -0.39 is 11.9 Å². The Morgan fingerprint density at radius 1 is 1.08 bits per heavy atom. The molecule has 0 spiro atoms. The molecule has 0 aromatic rings. The second-order valence-corrected chi connectivity index (χ2v) is 7.19. The molecule has 0 aromatic heterocycles. The molecular formula is C17H36N4O4. The number of rotatable bonds is 6. The molecule has 0 radical (unpaired) electrons. The molecule has 8 heteroatoms. The summed E-state index contributed by atoms with van der Waals surface area (Å²) >= 11 is 0. The van der Waals surface area contributed by atoms with E-state index in [2.05, 4.69) is 20.9 Å². The molecule has 0 aliphatic carbocycles. The third-order valence-electron chi connectivity index (χ3n) is 4.32. The number of hydrogen-bond acceptors (Lipinski definition) is 8. The van der Waals surface area contributed by atoms with E-state index in [-0.39, 0.29) is 6.10 Å². The Balaban J connectivity index is 1.61. The Bertz CT molecular complexity index is 348. The van der Waals surface area contributed by atoms with Gasteiger partial charge in [0.1, 0.15) is 6.10 Å². The number of β-amino-alcohol motifs (C(OH)–C–C–N with tert-alkyl or cyclic N) is 1. The lowest BCUT2D eigenvalue weighted by Crippen LogP contribution is -2.44. The van der Waals surface area contributed by atoms with Gasteiger partial charge in [-0.3, -0.25) is 4.90 Å². The van der Waals surface area contributed by atoms with Gasteiger partial charge in [-0.2, -0.15) is 0 Å². The van der Waals surface area contributed by atoms with Crippen molar-refractivity contribution in [2.75, 3.05) is 78.7 Å². The summed E-state index contributed by atoms with van der Waals surface area (Å²) in [4.78, 5) is 2.28. The van der Waals surface area contributed by atoms with Gasteiger partial charge in [0.15, 0.2) is 5.79 Å². The van der Waals surface area contributed by atoms with Gasteiger partial charge in [0.25, 0.3) is 0 Å². The molecule has 2 saturated heterocycles. The van der Waals surface area contributed by atoms with Crippen LogP contribution in [-0.2, 0) is 14.2 Å². The number of aliphatic hydroxyl groups excluding tert-OH is 1. The van der Waals surface area contributed by atoms with E-state index >= 15 is 0 Å². The summed E-state index contributed by atoms with van der Waals surface area (Å²) in [6.07, 6.45) is -0.546. The van der Waals surface area contributed by atoms with Crippen molar-refractivity contribution >= 4 is 0 Å². The highest BCUT2D eigenvalue weighted by Crippen LogP contribution is 2.22. The fraction of sp³-hybridized carbons (Fsp3) is 1.00. The Morgan fingerprint density at radius 2 is 1.68 bits per heavy atom. The van der Waals surface area contributed by atoms with Crippen molar-refractivity contribution in [2.24, 2.45) is 0 Å². The zero-order valence-corrected chi connectivity index (χ0v) is 15.8. The zero-order valence-electron chi connectivity index (χ0n) is 15.8. The summed E-state index contributed by atoms with van der Waals surface area (Å²) in [5.41, 5.74) is 0. The van der Waals surface area contributed by atoms with E-state index in [0.717, 1.165) is 52.4 Å². The van der Waals surface area contributed by atoms with Crippen LogP contribution in [0, 0.1) is 0 Å². The summed E-state index contributed by atoms with van der Waals surface area (Å²) in [7, 11) is 0. The number of nitrogens with one attached hydrogen (secondary N) is 3. The average molecular weight is 360 g/mol. The van der Waals surface area contributed by atoms with Crippen LogP contribution in [0.1, 0.15) is 13.8 Å². The SMILES string of the molecule is CC1(C)OCC(COCC(O)CN2CCNCCNCCNCC2)O1. The van der Waals surface area contributed by atoms with Crippen molar-refractivity contribution in [1.29, 1.82) is 0 Å². The summed E-state index contributed by atoms with van der Waals surface area (Å²) in [5.74, 6) is -0.526. The number of aliphatic hydroxyl groups is 1. The van der Waals surface area contributed by atoms with E-state index in [1.54, 1.807) is 0 Å². The third-order valence-corrected chi connectivity index (χ3v) is 4.32. The van der Waals surface area contributed by atoms with E-state index in [4.69, 9.17) is 14.2 Å². The molecule has 2 rings (SSSR count). The Morgan fingerprint density at radius 3 is 2.24 bits per heavy atom. The fourth-order valence-corrected chi connectivity index (χ4v) is 3.03. The lowest BCUT2D eigenvalue weighted by Gasteiger charge is -2.26. The van der Waals surface area contributed by atoms with Gasteiger partial charge in [-0.05, 0) is 13.8 Å². The predicted octanol–water partition coefficient (Wildman–Crippen LogP) is -1.40. The average Bonchev–Trinajstić information content (AvgIpc) is 2.89. The molecule has 148 valence electrons. The van der Waals surface area contributed by atoms with Crippen LogP contribution in [0.15, 0.2) is 0 Å². The number of nitrogens with zero attached hydrogens (tertiary/aromatic N) is 1. The van der Waals surface area contributed by atoms with Gasteiger partial charge in [0.05, 0.1) is 25.9 Å². The molecule has 2 heterocycles. The fourth-order valence-electron chi connectivity index (χ4n) is 3.03. The number of ether oxygens (including phenoxy) is 3. The molecule has 0 aromatic carbocycles. The summed E-state index contributed by atoms with van der Waals surface area (Å²) < 4.78 is 16.8. The van der Waals surface area contributed by atoms with Crippen LogP contribution in [-0.4, -0.2) is 107 Å². The Hall–Kier alpha value is -0.320. The lowest BCUT2D eigenvalue weighted by atomic mass is 10.3. The predicted molar refractivity (Wildman–Crippen MR) is 96.8 cm³/mol. The van der Waals surface area contributed by atoms with Gasteiger partial charge in [0, 0.05) is 58.9 Å². The topological polar surface area (TPSA) is 87.2 Å². The summed E-state index contributed by atoms with van der Waals surface area (Å²) in [5, 5.41) is 20.5. The third kappa shape index (κ3) is 9.25. The van der Waals surface area contributed by atoms with Crippen LogP contribution in [0.5, 0.6) is 0 Å². The maximum Gasteiger partial charge on any atom is 0.163 e. The quantitative estimate of drug-likeness (QED) is 0.460. The first-order valence-corrected chi connectivity index (χ1v) is 9.47. The van der Waals surface area contributed by atoms with Crippen molar-refractivity contribution in [3.8, 4) is 0 Å². The molecule has 2 atom stereocenters. The highest BCUT2D eigenvalue weighted by Gasteiger charge is 2.32. The smallest absolute Gasteiger partial charge is 0.163 e. The van der Waals surface area contributed by atoms with E-state index in [0.29, 0.717) is 26.4 Å². The van der Waals surface area contributed by atoms with Crippen molar-refractivity contribution in [3.63, 3.8) is 0 Å². The Kier molecular flexibility index (Phi) is 9.57. The summed E-state index contributed by atoms with van der Waals surface area (Å²) in [6, 6.07) is 0. The zero-order chi connectivity index (χ0) is 18.0. The molecule has 0 saturated carbocycles. The van der Waals surface area contributed by atoms with Crippen LogP contribution >= 0.6 is 0 Å². The molecule has 4 N–H and O–H groups in total. The van der Waals surface area contributed by atoms with Gasteiger partial charge in [-0.25, -0.2) is 0 Å². The maximum atomic E-state index is 10.3. The van der Waals surface area contributed by atoms with Crippen LogP contribution < -0.4 is 16.0 Å². The Labute approximate surface area is 151 Å². The monoisotopic (exact) mass is 360 g/mol. The maximum absolute atomic E-state index is 10.3. The molecular weight excluding hydrogens is 324 g/mol. The largest absolute Gasteiger partial charge is 0.389 e. The lowest BCUT2D eigenvalue weighted by molar-refractivity contribution is -0.146. The second kappa shape index (κ2) is 11.4. The van der Waals surface area contributed by atoms with E-state index in [9.17, 15) is 5.11 Å². The van der Waals surface area contributed by atoms with Gasteiger partial charge in [-0.15, -0.1) is 0 Å². The van der Waals surface area contributed by atoms with Crippen molar-refractivity contribution in [2.45, 2.75) is 31.8 Å². The molecule has 8 nitrogen and oxygen atoms in total. The molecule has 2 aliphatic rings. The van der Waals surface area contributed by atoms with Crippen molar-refractivity contribution < 1.29 is 19.3 Å². The molecule has 2 unspecified atom stereocenters. The highest BCUT2D eigenvalue weighted by atomic mass is 16.7. The van der Waals surface area contributed by atoms with E-state index in [1.807, 2.05) is 13.8 Å². The van der Waals surface area contributed by atoms with Gasteiger partial charge >= 0.3 is 0 Å². The first-order valence-electron chi connectivity index (χ1n) is 9.47. The minimum Gasteiger partial charge on any atom is -0.389 e. The molecule has 25 heavy (non-hydrogen) atoms. The van der Waals surface area contributed by atoms with Crippen LogP contribution in [0.25, 0.3) is 0 Å². The first kappa shape index (κ1) is 21.0. The summed E-state index contributed by atoms with van der Waals surface area (Å²) in [6.45, 7) is 13.4. The van der Waals surface area contributed by atoms with Gasteiger partial charge in [0.2, 0.25) is 0 Å². The van der Waals surface area contributed by atoms with Gasteiger partial charge in [-0.1, -0.05) is 0 Å². The molecule has 2 aliphatic heterocycles. The number of hydrogen-bond donors (Lipinski definition) is 4.